The van der Waals surface area contributed by atoms with Gasteiger partial charge < -0.3 is 13.9 Å². The van der Waals surface area contributed by atoms with Crippen molar-refractivity contribution in [1.82, 2.24) is 0 Å². The minimum atomic E-state index is -3.48. The van der Waals surface area contributed by atoms with Crippen LogP contribution < -0.4 is 4.74 Å². The fourth-order valence-electron chi connectivity index (χ4n) is 2.00. The molecule has 0 radical (unpaired) electrons. The lowest BCUT2D eigenvalue weighted by Gasteiger charge is -2.06. The molecule has 1 heterocycles. The maximum Gasteiger partial charge on any atom is 0.310 e. The van der Waals surface area contributed by atoms with E-state index in [4.69, 9.17) is 13.9 Å². The quantitative estimate of drug-likeness (QED) is 0.411. The Labute approximate surface area is 134 Å². The molecular weight excluding hydrogens is 324 g/mol. The van der Waals surface area contributed by atoms with Crippen LogP contribution in [0.2, 0.25) is 0 Å². The number of hydrogen-bond donors (Lipinski definition) is 0. The average Bonchev–Trinajstić information content (AvgIpc) is 2.85. The third kappa shape index (κ3) is 5.26. The summed E-state index contributed by atoms with van der Waals surface area (Å²) in [6, 6.07) is 5.14. The zero-order chi connectivity index (χ0) is 16.9. The Morgan fingerprint density at radius 2 is 2.04 bits per heavy atom. The molecule has 0 bridgehead atoms. The van der Waals surface area contributed by atoms with Crippen LogP contribution in [0.4, 0.5) is 0 Å². The molecule has 0 N–H and O–H groups in total. The minimum Gasteiger partial charge on any atom is -0.491 e. The average molecular weight is 342 g/mol. The Bertz CT molecular complexity index is 776. The molecule has 0 amide bonds. The van der Waals surface area contributed by atoms with Crippen LogP contribution in [0.15, 0.2) is 28.9 Å². The van der Waals surface area contributed by atoms with Crippen LogP contribution in [0.1, 0.15) is 12.5 Å². The van der Waals surface area contributed by atoms with E-state index in [1.165, 1.54) is 6.26 Å². The summed E-state index contributed by atoms with van der Waals surface area (Å²) in [5, 5.41) is 0.750. The van der Waals surface area contributed by atoms with E-state index < -0.39 is 10.1 Å². The number of hydrogen-bond acceptors (Lipinski definition) is 7. The highest BCUT2D eigenvalue weighted by Gasteiger charge is 2.12. The second-order valence-corrected chi connectivity index (χ2v) is 6.42. The molecule has 1 aromatic heterocycles. The number of ether oxygens (including phenoxy) is 2. The molecule has 0 aliphatic heterocycles. The summed E-state index contributed by atoms with van der Waals surface area (Å²) in [4.78, 5) is 11.6. The number of carbonyl (C=O) groups excluding carboxylic acids is 1. The van der Waals surface area contributed by atoms with Crippen LogP contribution in [0.5, 0.6) is 5.75 Å². The molecule has 126 valence electrons. The first kappa shape index (κ1) is 17.3. The maximum absolute atomic E-state index is 11.6. The second kappa shape index (κ2) is 7.47. The van der Waals surface area contributed by atoms with Crippen molar-refractivity contribution >= 4 is 27.1 Å². The van der Waals surface area contributed by atoms with Gasteiger partial charge in [0, 0.05) is 10.9 Å². The standard InChI is InChI=1S/C15H18O7S/c1-3-19-15(16)8-11-10-21-14-5-4-12(9-13(11)14)20-6-7-22-23(2,17)18/h4-5,9-10H,3,6-8H2,1-2H3. The van der Waals surface area contributed by atoms with Gasteiger partial charge in [-0.3, -0.25) is 8.98 Å². The molecule has 8 heteroatoms. The van der Waals surface area contributed by atoms with Gasteiger partial charge in [0.1, 0.15) is 24.5 Å². The maximum atomic E-state index is 11.6. The minimum absolute atomic E-state index is 0.0715. The van der Waals surface area contributed by atoms with E-state index in [2.05, 4.69) is 4.18 Å². The smallest absolute Gasteiger partial charge is 0.310 e. The Balaban J connectivity index is 2.03. The normalized spacial score (nSPS) is 11.6. The molecule has 0 unspecified atom stereocenters. The lowest BCUT2D eigenvalue weighted by molar-refractivity contribution is -0.142. The molecule has 0 saturated heterocycles. The predicted molar refractivity (Wildman–Crippen MR) is 82.8 cm³/mol. The van der Waals surface area contributed by atoms with Gasteiger partial charge in [0.05, 0.1) is 25.5 Å². The Kier molecular flexibility index (Phi) is 5.62. The number of fused-ring (bicyclic) bond motifs is 1. The summed E-state index contributed by atoms with van der Waals surface area (Å²) in [6.45, 7) is 2.08. The lowest BCUT2D eigenvalue weighted by Crippen LogP contribution is -2.11. The van der Waals surface area contributed by atoms with Crippen LogP contribution in [-0.4, -0.2) is 40.5 Å². The number of rotatable bonds is 8. The first-order valence-corrected chi connectivity index (χ1v) is 8.83. The van der Waals surface area contributed by atoms with E-state index in [1.807, 2.05) is 0 Å². The van der Waals surface area contributed by atoms with E-state index in [-0.39, 0.29) is 25.6 Å². The van der Waals surface area contributed by atoms with Gasteiger partial charge in [-0.05, 0) is 25.1 Å². The SMILES string of the molecule is CCOC(=O)Cc1coc2ccc(OCCOS(C)(=O)=O)cc12. The largest absolute Gasteiger partial charge is 0.491 e. The molecule has 0 saturated carbocycles. The number of benzene rings is 1. The summed E-state index contributed by atoms with van der Waals surface area (Å²) >= 11 is 0. The van der Waals surface area contributed by atoms with Crippen LogP contribution in [0.25, 0.3) is 11.0 Å². The van der Waals surface area contributed by atoms with Crippen molar-refractivity contribution in [1.29, 1.82) is 0 Å². The van der Waals surface area contributed by atoms with Crippen molar-refractivity contribution in [3.8, 4) is 5.75 Å². The first-order valence-electron chi connectivity index (χ1n) is 7.02. The predicted octanol–water partition coefficient (Wildman–Crippen LogP) is 1.89. The molecule has 0 aliphatic rings. The van der Waals surface area contributed by atoms with Crippen LogP contribution in [0.3, 0.4) is 0 Å². The Morgan fingerprint density at radius 1 is 1.26 bits per heavy atom. The van der Waals surface area contributed by atoms with Crippen molar-refractivity contribution in [3.05, 3.63) is 30.0 Å². The third-order valence-electron chi connectivity index (χ3n) is 2.91. The second-order valence-electron chi connectivity index (χ2n) is 4.78. The molecule has 0 aliphatic carbocycles. The van der Waals surface area contributed by atoms with Gasteiger partial charge in [-0.1, -0.05) is 0 Å². The molecule has 1 aromatic carbocycles. The molecule has 23 heavy (non-hydrogen) atoms. The number of carbonyl (C=O) groups is 1. The Morgan fingerprint density at radius 3 is 2.74 bits per heavy atom. The zero-order valence-electron chi connectivity index (χ0n) is 12.9. The van der Waals surface area contributed by atoms with Gasteiger partial charge in [-0.25, -0.2) is 0 Å². The highest BCUT2D eigenvalue weighted by molar-refractivity contribution is 7.85. The van der Waals surface area contributed by atoms with Crippen molar-refractivity contribution in [2.24, 2.45) is 0 Å². The molecule has 2 rings (SSSR count). The lowest BCUT2D eigenvalue weighted by atomic mass is 10.1. The molecule has 0 fully saturated rings. The van der Waals surface area contributed by atoms with Gasteiger partial charge in [0.25, 0.3) is 10.1 Å². The monoisotopic (exact) mass is 342 g/mol. The first-order chi connectivity index (χ1) is 10.9. The fraction of sp³-hybridized carbons (Fsp3) is 0.400. The van der Waals surface area contributed by atoms with Crippen LogP contribution >= 0.6 is 0 Å². The van der Waals surface area contributed by atoms with Gasteiger partial charge >= 0.3 is 5.97 Å². The van der Waals surface area contributed by atoms with E-state index in [0.29, 0.717) is 23.5 Å². The van der Waals surface area contributed by atoms with Gasteiger partial charge in [-0.15, -0.1) is 0 Å². The molecule has 7 nitrogen and oxygen atoms in total. The highest BCUT2D eigenvalue weighted by Crippen LogP contribution is 2.26. The van der Waals surface area contributed by atoms with E-state index in [9.17, 15) is 13.2 Å². The summed E-state index contributed by atoms with van der Waals surface area (Å²) in [5.41, 5.74) is 1.33. The zero-order valence-corrected chi connectivity index (χ0v) is 13.7. The summed E-state index contributed by atoms with van der Waals surface area (Å²) in [5.74, 6) is 0.198. The third-order valence-corrected chi connectivity index (χ3v) is 3.51. The van der Waals surface area contributed by atoms with Crippen molar-refractivity contribution in [3.63, 3.8) is 0 Å². The summed E-state index contributed by atoms with van der Waals surface area (Å²) in [7, 11) is -3.48. The summed E-state index contributed by atoms with van der Waals surface area (Å²) in [6.07, 6.45) is 2.60. The van der Waals surface area contributed by atoms with Gasteiger partial charge in [0.2, 0.25) is 0 Å². The Hall–Kier alpha value is -2.06. The summed E-state index contributed by atoms with van der Waals surface area (Å²) < 4.78 is 42.0. The highest BCUT2D eigenvalue weighted by atomic mass is 32.2. The number of furan rings is 1. The van der Waals surface area contributed by atoms with Gasteiger partial charge in [0.15, 0.2) is 0 Å². The van der Waals surface area contributed by atoms with Crippen LogP contribution in [-0.2, 0) is 30.3 Å². The van der Waals surface area contributed by atoms with E-state index in [0.717, 1.165) is 11.6 Å². The number of esters is 1. The van der Waals surface area contributed by atoms with E-state index >= 15 is 0 Å². The molecular formula is C15H18O7S. The van der Waals surface area contributed by atoms with E-state index in [1.54, 1.807) is 25.1 Å². The van der Waals surface area contributed by atoms with Crippen molar-refractivity contribution < 1.29 is 31.3 Å². The molecule has 0 spiro atoms. The molecule has 2 aromatic rings. The van der Waals surface area contributed by atoms with Crippen molar-refractivity contribution in [2.75, 3.05) is 26.1 Å². The van der Waals surface area contributed by atoms with Crippen molar-refractivity contribution in [2.45, 2.75) is 13.3 Å². The fourth-order valence-corrected chi connectivity index (χ4v) is 2.37. The topological polar surface area (TPSA) is 92.0 Å². The molecule has 0 atom stereocenters. The van der Waals surface area contributed by atoms with Gasteiger partial charge in [-0.2, -0.15) is 8.42 Å². The van der Waals surface area contributed by atoms with Crippen LogP contribution in [0, 0.1) is 0 Å².